The number of halogens is 1. The maximum atomic E-state index is 13.3. The van der Waals surface area contributed by atoms with Crippen molar-refractivity contribution in [2.75, 3.05) is 25.0 Å². The molecular weight excluding hydrogens is 553 g/mol. The smallest absolute Gasteiger partial charge is 0.446 e. The molecule has 1 atom stereocenters. The van der Waals surface area contributed by atoms with E-state index in [-0.39, 0.29) is 29.9 Å². The summed E-state index contributed by atoms with van der Waals surface area (Å²) < 4.78 is 35.2. The number of carbonyl (C=O) groups is 1. The van der Waals surface area contributed by atoms with E-state index in [2.05, 4.69) is 54.5 Å². The number of hydrogen-bond acceptors (Lipinski definition) is 11. The number of aromatic nitrogens is 4. The van der Waals surface area contributed by atoms with Crippen LogP contribution in [0.2, 0.25) is 0 Å². The Labute approximate surface area is 236 Å². The van der Waals surface area contributed by atoms with Crippen molar-refractivity contribution in [2.24, 2.45) is 0 Å². The summed E-state index contributed by atoms with van der Waals surface area (Å²) in [6.45, 7) is 1.00. The second-order valence-electron chi connectivity index (χ2n) is 9.18. The van der Waals surface area contributed by atoms with Gasteiger partial charge in [0.1, 0.15) is 12.4 Å². The predicted molar refractivity (Wildman–Crippen MR) is 148 cm³/mol. The van der Waals surface area contributed by atoms with Crippen LogP contribution in [0.3, 0.4) is 0 Å². The summed E-state index contributed by atoms with van der Waals surface area (Å²) in [4.78, 5) is 24.6. The monoisotopic (exact) mass is 577 g/mol. The molecule has 0 spiro atoms. The summed E-state index contributed by atoms with van der Waals surface area (Å²) in [5.74, 6) is -0.948. The minimum absolute atomic E-state index is 0.0278. The zero-order valence-electron chi connectivity index (χ0n) is 21.5. The molecule has 3 N–H and O–H groups in total. The van der Waals surface area contributed by atoms with Crippen molar-refractivity contribution in [2.45, 2.75) is 18.8 Å². The van der Waals surface area contributed by atoms with Crippen molar-refractivity contribution in [1.82, 2.24) is 29.5 Å². The second-order valence-corrected chi connectivity index (χ2v) is 9.88. The van der Waals surface area contributed by atoms with Crippen molar-refractivity contribution in [1.29, 1.82) is 0 Å². The first-order valence-corrected chi connectivity index (χ1v) is 13.6. The molecule has 2 aromatic heterocycles. The van der Waals surface area contributed by atoms with Gasteiger partial charge in [-0.3, -0.25) is 9.25 Å². The molecule has 2 aliphatic rings. The fraction of sp³-hybridized carbons (Fsp3) is 0.222. The maximum absolute atomic E-state index is 13.3. The van der Waals surface area contributed by atoms with Gasteiger partial charge in [-0.15, -0.1) is 0 Å². The normalized spacial score (nSPS) is 15.5. The van der Waals surface area contributed by atoms with Crippen molar-refractivity contribution in [3.8, 4) is 17.2 Å². The maximum Gasteiger partial charge on any atom is 0.446 e. The van der Waals surface area contributed by atoms with Gasteiger partial charge in [-0.05, 0) is 69.7 Å². The van der Waals surface area contributed by atoms with Crippen LogP contribution in [-0.4, -0.2) is 45.8 Å². The lowest BCUT2D eigenvalue weighted by Crippen LogP contribution is -2.26. The number of carbonyl (C=O) groups excluding carboxylic acids is 1. The highest BCUT2D eigenvalue weighted by Crippen LogP contribution is 2.46. The molecule has 2 aromatic carbocycles. The van der Waals surface area contributed by atoms with Gasteiger partial charge in [0.15, 0.2) is 5.69 Å². The van der Waals surface area contributed by atoms with Crippen molar-refractivity contribution >= 4 is 29.6 Å². The third-order valence-electron chi connectivity index (χ3n) is 6.74. The molecular formula is C27H24FN7O5S. The summed E-state index contributed by atoms with van der Waals surface area (Å²) in [5, 5.41) is 14.4. The molecule has 1 unspecified atom stereocenters. The van der Waals surface area contributed by atoms with Gasteiger partial charge >= 0.3 is 11.8 Å². The van der Waals surface area contributed by atoms with E-state index < -0.39 is 17.7 Å². The van der Waals surface area contributed by atoms with Crippen LogP contribution in [-0.2, 0) is 4.74 Å². The molecule has 0 saturated carbocycles. The number of rotatable bonds is 10. The van der Waals surface area contributed by atoms with E-state index in [1.807, 2.05) is 12.1 Å². The number of allylic oxidation sites excluding steroid dienone is 3. The fourth-order valence-corrected chi connectivity index (χ4v) is 5.36. The Morgan fingerprint density at radius 2 is 1.98 bits per heavy atom. The fourth-order valence-electron chi connectivity index (χ4n) is 4.94. The quantitative estimate of drug-likeness (QED) is 0.184. The van der Waals surface area contributed by atoms with E-state index in [1.165, 1.54) is 46.5 Å². The SMILES string of the molecule is O=C(NSNCCNc1nonc1-c1noc(=O)n1-c1ccc(F)cc1)OCC1C2=C(CCC=C2)c2ccccc21. The molecule has 210 valence electrons. The molecule has 0 saturated heterocycles. The lowest BCUT2D eigenvalue weighted by Gasteiger charge is -2.16. The van der Waals surface area contributed by atoms with Gasteiger partial charge < -0.3 is 10.1 Å². The van der Waals surface area contributed by atoms with E-state index in [1.54, 1.807) is 0 Å². The van der Waals surface area contributed by atoms with Crippen LogP contribution in [0.25, 0.3) is 22.8 Å². The first-order chi connectivity index (χ1) is 20.1. The van der Waals surface area contributed by atoms with Crippen LogP contribution >= 0.6 is 12.1 Å². The Hall–Kier alpha value is -4.69. The standard InChI is InChI=1S/C27H24FN7O5S/c28-16-9-11-17(12-10-16)35-25(33-39-27(35)37)23-24(32-40-31-23)29-13-14-30-41-34-26(36)38-15-22-20-7-3-1-5-18(20)19-6-2-4-8-21(19)22/h1,3-5,7-12,22,30H,2,6,13-15H2,(H,29,32)(H,34,36). The molecule has 0 radical (unpaired) electrons. The molecule has 4 aromatic rings. The minimum Gasteiger partial charge on any atom is -0.448 e. The number of benzene rings is 2. The molecule has 41 heavy (non-hydrogen) atoms. The Morgan fingerprint density at radius 3 is 2.85 bits per heavy atom. The zero-order chi connectivity index (χ0) is 28.2. The van der Waals surface area contributed by atoms with Gasteiger partial charge in [-0.2, -0.15) is 0 Å². The minimum atomic E-state index is -0.777. The molecule has 0 aliphatic heterocycles. The number of nitrogens with zero attached hydrogens (tertiary/aromatic N) is 4. The Bertz CT molecular complexity index is 1680. The van der Waals surface area contributed by atoms with Crippen LogP contribution in [0.15, 0.2) is 80.2 Å². The largest absolute Gasteiger partial charge is 0.448 e. The van der Waals surface area contributed by atoms with E-state index in [0.29, 0.717) is 18.8 Å². The summed E-state index contributed by atoms with van der Waals surface area (Å²) in [6.07, 6.45) is 5.78. The molecule has 2 heterocycles. The topological polar surface area (TPSA) is 149 Å². The zero-order valence-corrected chi connectivity index (χ0v) is 22.3. The van der Waals surface area contributed by atoms with Gasteiger partial charge in [0.05, 0.1) is 5.69 Å². The van der Waals surface area contributed by atoms with Gasteiger partial charge in [-0.25, -0.2) is 27.9 Å². The number of hydrogen-bond donors (Lipinski definition) is 3. The summed E-state index contributed by atoms with van der Waals surface area (Å²) >= 11 is 0.991. The van der Waals surface area contributed by atoms with Crippen LogP contribution in [0.5, 0.6) is 0 Å². The summed E-state index contributed by atoms with van der Waals surface area (Å²) in [7, 11) is 0. The third kappa shape index (κ3) is 5.51. The number of anilines is 1. The van der Waals surface area contributed by atoms with Gasteiger partial charge in [0.25, 0.3) is 0 Å². The summed E-state index contributed by atoms with van der Waals surface area (Å²) in [5.41, 5.74) is 5.47. The van der Waals surface area contributed by atoms with Gasteiger partial charge in [0.2, 0.25) is 11.6 Å². The highest BCUT2D eigenvalue weighted by Gasteiger charge is 2.31. The first-order valence-electron chi connectivity index (χ1n) is 12.8. The Balaban J connectivity index is 0.969. The van der Waals surface area contributed by atoms with Crippen molar-refractivity contribution in [3.63, 3.8) is 0 Å². The van der Waals surface area contributed by atoms with Crippen LogP contribution < -0.4 is 20.5 Å². The molecule has 1 amide bonds. The van der Waals surface area contributed by atoms with Crippen LogP contribution in [0.1, 0.15) is 29.9 Å². The highest BCUT2D eigenvalue weighted by atomic mass is 32.2. The molecule has 0 bridgehead atoms. The molecule has 12 nitrogen and oxygen atoms in total. The van der Waals surface area contributed by atoms with E-state index >= 15 is 0 Å². The Morgan fingerprint density at radius 1 is 1.12 bits per heavy atom. The number of fused-ring (bicyclic) bond motifs is 2. The van der Waals surface area contributed by atoms with E-state index in [9.17, 15) is 14.0 Å². The van der Waals surface area contributed by atoms with Crippen LogP contribution in [0, 0.1) is 5.82 Å². The highest BCUT2D eigenvalue weighted by molar-refractivity contribution is 7.96. The Kier molecular flexibility index (Phi) is 7.65. The molecule has 2 aliphatic carbocycles. The lowest BCUT2D eigenvalue weighted by atomic mass is 9.93. The average molecular weight is 578 g/mol. The molecule has 14 heteroatoms. The van der Waals surface area contributed by atoms with Gasteiger partial charge in [0, 0.05) is 31.1 Å². The van der Waals surface area contributed by atoms with Crippen molar-refractivity contribution < 1.29 is 23.1 Å². The number of nitrogens with one attached hydrogen (secondary N) is 3. The lowest BCUT2D eigenvalue weighted by molar-refractivity contribution is 0.150. The van der Waals surface area contributed by atoms with E-state index in [4.69, 9.17) is 13.9 Å². The predicted octanol–water partition coefficient (Wildman–Crippen LogP) is 4.21. The van der Waals surface area contributed by atoms with Crippen molar-refractivity contribution in [3.05, 3.63) is 93.8 Å². The van der Waals surface area contributed by atoms with Gasteiger partial charge in [-0.1, -0.05) is 41.6 Å². The second kappa shape index (κ2) is 11.8. The molecule has 0 fully saturated rings. The first kappa shape index (κ1) is 26.5. The number of amides is 1. The molecule has 6 rings (SSSR count). The average Bonchev–Trinajstić information content (AvgIpc) is 3.70. The summed E-state index contributed by atoms with van der Waals surface area (Å²) in [6, 6.07) is 13.5. The third-order valence-corrected chi connectivity index (χ3v) is 7.36. The number of ether oxygens (including phenoxy) is 1. The van der Waals surface area contributed by atoms with E-state index in [0.717, 1.165) is 29.5 Å². The van der Waals surface area contributed by atoms with Crippen LogP contribution in [0.4, 0.5) is 15.0 Å².